The first-order valence-corrected chi connectivity index (χ1v) is 10.4. The third-order valence-electron chi connectivity index (χ3n) is 4.56. The fourth-order valence-electron chi connectivity index (χ4n) is 3.27. The van der Waals surface area contributed by atoms with Gasteiger partial charge in [0.25, 0.3) is 13.3 Å². The summed E-state index contributed by atoms with van der Waals surface area (Å²) in [5.41, 5.74) is 3.32. The molecule has 0 unspecified atom stereocenters. The van der Waals surface area contributed by atoms with Gasteiger partial charge in [-0.2, -0.15) is 0 Å². The molecule has 0 atom stereocenters. The van der Waals surface area contributed by atoms with Crippen LogP contribution in [0, 0.1) is 20.1 Å². The van der Waals surface area contributed by atoms with Crippen LogP contribution in [0.1, 0.15) is 15.9 Å². The van der Waals surface area contributed by atoms with Crippen molar-refractivity contribution in [3.05, 3.63) is 91.7 Å². The average Bonchev–Trinajstić information content (AvgIpc) is 3.21. The maximum atomic E-state index is 11.0. The van der Waals surface area contributed by atoms with Crippen LogP contribution >= 0.6 is 31.9 Å². The molecule has 0 spiro atoms. The Kier molecular flexibility index (Phi) is 6.61. The van der Waals surface area contributed by atoms with Crippen LogP contribution in [0.3, 0.4) is 0 Å². The van der Waals surface area contributed by atoms with Gasteiger partial charge in [0.2, 0.25) is 0 Å². The van der Waals surface area contributed by atoms with Gasteiger partial charge in [0.1, 0.15) is 0 Å². The Bertz CT molecular complexity index is 1340. The first-order chi connectivity index (χ1) is 14.3. The highest BCUT2D eigenvalue weighted by Gasteiger charge is 2.14. The minimum atomic E-state index is -0.976. The Hall–Kier alpha value is -3.07. The number of nitrogens with zero attached hydrogens (tertiary/aromatic N) is 4. The Morgan fingerprint density at radius 3 is 1.97 bits per heavy atom. The van der Waals surface area contributed by atoms with Crippen LogP contribution in [0.2, 0.25) is 0 Å². The van der Waals surface area contributed by atoms with E-state index in [2.05, 4.69) is 54.5 Å². The SMILES string of the molecule is [C-]#[N+]Cn1cc(C(=O)O)c2ccc(Br)cc21.[C-]#[N+]Cn1cc(C)c2ccc(Br)cc21. The van der Waals surface area contributed by atoms with Crippen LogP contribution in [-0.2, 0) is 13.3 Å². The third-order valence-corrected chi connectivity index (χ3v) is 5.55. The highest BCUT2D eigenvalue weighted by Crippen LogP contribution is 2.26. The van der Waals surface area contributed by atoms with Crippen molar-refractivity contribution < 1.29 is 9.90 Å². The largest absolute Gasteiger partial charge is 0.478 e. The molecule has 150 valence electrons. The Labute approximate surface area is 190 Å². The summed E-state index contributed by atoms with van der Waals surface area (Å²) in [6.07, 6.45) is 3.52. The number of halogens is 2. The summed E-state index contributed by atoms with van der Waals surface area (Å²) in [4.78, 5) is 17.7. The number of aromatic nitrogens is 2. The molecule has 0 bridgehead atoms. The molecular weight excluding hydrogens is 512 g/mol. The summed E-state index contributed by atoms with van der Waals surface area (Å²) in [6.45, 7) is 16.3. The lowest BCUT2D eigenvalue weighted by atomic mass is 10.2. The van der Waals surface area contributed by atoms with E-state index in [1.807, 2.05) is 29.0 Å². The summed E-state index contributed by atoms with van der Waals surface area (Å²) in [5.74, 6) is -0.976. The second-order valence-corrected chi connectivity index (χ2v) is 8.35. The molecule has 6 nitrogen and oxygen atoms in total. The van der Waals surface area contributed by atoms with Crippen LogP contribution in [-0.4, -0.2) is 20.2 Å². The van der Waals surface area contributed by atoms with E-state index in [4.69, 9.17) is 18.3 Å². The zero-order valence-electron chi connectivity index (χ0n) is 15.9. The van der Waals surface area contributed by atoms with Crippen LogP contribution in [0.4, 0.5) is 0 Å². The lowest BCUT2D eigenvalue weighted by molar-refractivity contribution is 0.0699. The molecule has 8 heteroatoms. The number of carboxylic acid groups (broad SMARTS) is 1. The second-order valence-electron chi connectivity index (χ2n) is 6.52. The van der Waals surface area contributed by atoms with Gasteiger partial charge in [0.05, 0.1) is 16.6 Å². The van der Waals surface area contributed by atoms with Crippen LogP contribution < -0.4 is 0 Å². The number of aryl methyl sites for hydroxylation is 1. The Morgan fingerprint density at radius 2 is 1.43 bits per heavy atom. The molecule has 30 heavy (non-hydrogen) atoms. The van der Waals surface area contributed by atoms with Gasteiger partial charge in [-0.1, -0.05) is 44.0 Å². The minimum Gasteiger partial charge on any atom is -0.478 e. The molecule has 0 saturated heterocycles. The topological polar surface area (TPSA) is 55.9 Å². The Balaban J connectivity index is 0.000000172. The van der Waals surface area contributed by atoms with Crippen molar-refractivity contribution in [1.82, 2.24) is 9.13 Å². The van der Waals surface area contributed by atoms with Gasteiger partial charge >= 0.3 is 5.97 Å². The predicted octanol–water partition coefficient (Wildman–Crippen LogP) is 6.57. The van der Waals surface area contributed by atoms with E-state index < -0.39 is 5.97 Å². The summed E-state index contributed by atoms with van der Waals surface area (Å²) in [6, 6.07) is 11.5. The summed E-state index contributed by atoms with van der Waals surface area (Å²) in [5, 5.41) is 10.9. The van der Waals surface area contributed by atoms with Crippen LogP contribution in [0.5, 0.6) is 0 Å². The summed E-state index contributed by atoms with van der Waals surface area (Å²) < 4.78 is 5.52. The number of carboxylic acids is 1. The lowest BCUT2D eigenvalue weighted by Gasteiger charge is -1.96. The van der Waals surface area contributed by atoms with E-state index >= 15 is 0 Å². The van der Waals surface area contributed by atoms with Gasteiger partial charge in [0, 0.05) is 32.1 Å². The van der Waals surface area contributed by atoms with Gasteiger partial charge in [-0.05, 0) is 36.8 Å². The van der Waals surface area contributed by atoms with Crippen molar-refractivity contribution in [2.45, 2.75) is 20.3 Å². The molecule has 0 aliphatic rings. The molecular formula is C22H16Br2N4O2. The summed E-state index contributed by atoms with van der Waals surface area (Å²) >= 11 is 6.76. The molecule has 1 N–H and O–H groups in total. The second kappa shape index (κ2) is 9.17. The van der Waals surface area contributed by atoms with Crippen molar-refractivity contribution in [3.63, 3.8) is 0 Å². The molecule has 0 amide bonds. The fourth-order valence-corrected chi connectivity index (χ4v) is 3.97. The molecule has 2 aromatic carbocycles. The van der Waals surface area contributed by atoms with E-state index in [1.54, 1.807) is 16.7 Å². The zero-order chi connectivity index (χ0) is 21.8. The predicted molar refractivity (Wildman–Crippen MR) is 124 cm³/mol. The van der Waals surface area contributed by atoms with E-state index in [0.29, 0.717) is 12.1 Å². The average molecular weight is 528 g/mol. The van der Waals surface area contributed by atoms with E-state index in [0.717, 1.165) is 20.0 Å². The minimum absolute atomic E-state index is 0.125. The van der Waals surface area contributed by atoms with Crippen molar-refractivity contribution in [2.75, 3.05) is 0 Å². The number of aromatic carboxylic acids is 1. The number of hydrogen-bond acceptors (Lipinski definition) is 1. The van der Waals surface area contributed by atoms with Crippen LogP contribution in [0.15, 0.2) is 57.7 Å². The molecule has 2 aromatic heterocycles. The zero-order valence-corrected chi connectivity index (χ0v) is 19.1. The van der Waals surface area contributed by atoms with Gasteiger partial charge in [-0.3, -0.25) is 18.8 Å². The molecule has 2 heterocycles. The molecule has 4 rings (SSSR count). The summed E-state index contributed by atoms with van der Waals surface area (Å²) in [7, 11) is 0. The molecule has 0 radical (unpaired) electrons. The van der Waals surface area contributed by atoms with E-state index in [9.17, 15) is 4.79 Å². The molecule has 0 aliphatic heterocycles. The van der Waals surface area contributed by atoms with E-state index in [-0.39, 0.29) is 12.2 Å². The number of hydrogen-bond donors (Lipinski definition) is 1. The van der Waals surface area contributed by atoms with Crippen molar-refractivity contribution in [2.24, 2.45) is 0 Å². The number of fused-ring (bicyclic) bond motifs is 2. The molecule has 4 aromatic rings. The normalized spacial score (nSPS) is 10.3. The maximum Gasteiger partial charge on any atom is 0.337 e. The first kappa shape index (κ1) is 21.6. The first-order valence-electron chi connectivity index (χ1n) is 8.78. The van der Waals surface area contributed by atoms with Gasteiger partial charge in [-0.25, -0.2) is 17.9 Å². The highest BCUT2D eigenvalue weighted by molar-refractivity contribution is 9.10. The number of benzene rings is 2. The molecule has 0 fully saturated rings. The van der Waals surface area contributed by atoms with Crippen molar-refractivity contribution in [1.29, 1.82) is 0 Å². The van der Waals surface area contributed by atoms with Gasteiger partial charge < -0.3 is 5.11 Å². The fraction of sp³-hybridized carbons (Fsp3) is 0.136. The quantitative estimate of drug-likeness (QED) is 0.306. The van der Waals surface area contributed by atoms with Crippen LogP contribution in [0.25, 0.3) is 31.5 Å². The van der Waals surface area contributed by atoms with Gasteiger partial charge in [-0.15, -0.1) is 0 Å². The smallest absolute Gasteiger partial charge is 0.337 e. The Morgan fingerprint density at radius 1 is 0.933 bits per heavy atom. The van der Waals surface area contributed by atoms with Gasteiger partial charge in [0.15, 0.2) is 0 Å². The lowest BCUT2D eigenvalue weighted by Crippen LogP contribution is -1.94. The third kappa shape index (κ3) is 4.40. The highest BCUT2D eigenvalue weighted by atomic mass is 79.9. The standard InChI is InChI=1S/C11H7BrN2O2.C11H9BrN2/c1-13-6-14-5-9(11(15)16)8-3-2-7(12)4-10(8)14;1-8-6-14(7-13-2)11-5-9(12)3-4-10(8)11/h2-5H,6H2,(H,15,16);3-6H,7H2,1H3. The maximum absolute atomic E-state index is 11.0. The van der Waals surface area contributed by atoms with Crippen molar-refractivity contribution >= 4 is 59.6 Å². The number of rotatable bonds is 3. The molecule has 0 saturated carbocycles. The molecule has 0 aliphatic carbocycles. The monoisotopic (exact) mass is 526 g/mol. The van der Waals surface area contributed by atoms with E-state index in [1.165, 1.54) is 17.1 Å². The van der Waals surface area contributed by atoms with Crippen molar-refractivity contribution in [3.8, 4) is 0 Å². The number of carbonyl (C=O) groups is 1.